The van der Waals surface area contributed by atoms with Crippen LogP contribution in [0.4, 0.5) is 235 Å². The molecule has 0 radical (unpaired) electrons. The number of anilines is 2. The van der Waals surface area contributed by atoms with Crippen LogP contribution in [-0.4, -0.2) is 186 Å². The van der Waals surface area contributed by atoms with E-state index in [1.807, 2.05) is 34.9 Å². The molecule has 1 fully saturated rings. The number of aryl methyl sites for hydroxylation is 6. The summed E-state index contributed by atoms with van der Waals surface area (Å²) >= 11 is -1.61. The van der Waals surface area contributed by atoms with Crippen molar-refractivity contribution in [3.8, 4) is 0 Å². The van der Waals surface area contributed by atoms with Gasteiger partial charge in [-0.15, -0.1) is 7.92 Å². The van der Waals surface area contributed by atoms with Crippen molar-refractivity contribution < 1.29 is 237 Å². The van der Waals surface area contributed by atoms with Gasteiger partial charge in [0, 0.05) is 43.7 Å². The fraction of sp³-hybridized carbons (Fsp3) is 0.672. The van der Waals surface area contributed by atoms with Crippen LogP contribution in [0.3, 0.4) is 0 Å². The van der Waals surface area contributed by atoms with Crippen LogP contribution in [0.15, 0.2) is 54.6 Å². The van der Waals surface area contributed by atoms with Crippen molar-refractivity contribution in [1.82, 2.24) is 0 Å². The summed E-state index contributed by atoms with van der Waals surface area (Å²) in [5, 5.41) is 0. The molecule has 0 saturated carbocycles. The van der Waals surface area contributed by atoms with E-state index in [9.17, 15) is 224 Å². The number of benzene rings is 3. The van der Waals surface area contributed by atoms with Gasteiger partial charge in [-0.1, -0.05) is 35.4 Å². The Morgan fingerprint density at radius 2 is 0.470 bits per heavy atom. The molecule has 0 aromatic heterocycles. The average Bonchev–Trinajstić information content (AvgIpc) is 0.793. The number of rotatable bonds is 30. The average molecular weight is 1940 g/mol. The van der Waals surface area contributed by atoms with Gasteiger partial charge in [0.1, 0.15) is 0 Å². The van der Waals surface area contributed by atoms with Gasteiger partial charge in [-0.25, -0.2) is 0 Å². The van der Waals surface area contributed by atoms with Crippen molar-refractivity contribution in [3.63, 3.8) is 0 Å². The van der Waals surface area contributed by atoms with Gasteiger partial charge in [-0.05, 0) is 82.3 Å². The van der Waals surface area contributed by atoms with Crippen LogP contribution in [0.25, 0.3) is 0 Å². The van der Waals surface area contributed by atoms with Gasteiger partial charge < -0.3 is 9.80 Å². The number of halogens is 53. The molecule has 4 rings (SSSR count). The van der Waals surface area contributed by atoms with E-state index in [1.165, 1.54) is 44.8 Å². The van der Waals surface area contributed by atoms with E-state index in [4.69, 9.17) is 19.4 Å². The Balaban J connectivity index is 0.00000109. The van der Waals surface area contributed by atoms with Crippen LogP contribution in [-0.2, 0) is 13.5 Å². The normalized spacial score (nSPS) is 16.1. The Morgan fingerprint density at radius 1 is 0.287 bits per heavy atom. The Bertz CT molecular complexity index is 3490. The van der Waals surface area contributed by atoms with Gasteiger partial charge in [0.2, 0.25) is 0 Å². The predicted molar refractivity (Wildman–Crippen MR) is 302 cm³/mol. The Morgan fingerprint density at radius 3 is 0.652 bits per heavy atom. The van der Waals surface area contributed by atoms with Gasteiger partial charge >= 0.3 is 216 Å². The molecular weight excluding hydrogens is 1900 g/mol. The Labute approximate surface area is 624 Å². The van der Waals surface area contributed by atoms with Crippen molar-refractivity contribution in [2.75, 3.05) is 48.0 Å². The third-order valence-corrected chi connectivity index (χ3v) is 20.9. The molecule has 2 nitrogen and oxygen atoms in total. The molecule has 0 bridgehead atoms. The van der Waals surface area contributed by atoms with Crippen LogP contribution >= 0.6 is 27.3 Å². The van der Waals surface area contributed by atoms with E-state index >= 15 is 0 Å². The van der Waals surface area contributed by atoms with Crippen LogP contribution in [0.1, 0.15) is 58.2 Å². The Kier molecular flexibility index (Phi) is 30.4. The second-order valence-electron chi connectivity index (χ2n) is 24.9. The van der Waals surface area contributed by atoms with E-state index in [2.05, 4.69) is 75.6 Å². The van der Waals surface area contributed by atoms with Crippen molar-refractivity contribution in [3.05, 3.63) is 93.5 Å². The van der Waals surface area contributed by atoms with Crippen LogP contribution in [0.2, 0.25) is 0 Å². The molecule has 1 aliphatic heterocycles. The first kappa shape index (κ1) is 106. The summed E-state index contributed by atoms with van der Waals surface area (Å²) in [7, 11) is 5.82. The van der Waals surface area contributed by atoms with Crippen molar-refractivity contribution in [1.29, 1.82) is 0 Å². The molecule has 0 spiro atoms. The molecule has 1 heterocycles. The van der Waals surface area contributed by atoms with Crippen LogP contribution in [0, 0.1) is 41.5 Å². The first-order valence-corrected chi connectivity index (χ1v) is 37.0. The number of hydrogen-bond donors (Lipinski definition) is 0. The summed E-state index contributed by atoms with van der Waals surface area (Å²) in [5.74, 6) is -193. The van der Waals surface area contributed by atoms with Gasteiger partial charge in [-0.3, -0.25) is 0 Å². The zero-order chi connectivity index (χ0) is 91.9. The van der Waals surface area contributed by atoms with Crippen LogP contribution < -0.4 is 9.80 Å². The monoisotopic (exact) mass is 1940 g/mol. The molecule has 0 atom stereocenters. The molecule has 0 unspecified atom stereocenters. The maximum atomic E-state index is 14.6. The molecule has 672 valence electrons. The number of hydrogen-bond acceptors (Lipinski definition) is 2. The molecule has 1 aliphatic rings. The van der Waals surface area contributed by atoms with Crippen molar-refractivity contribution >= 4 is 43.3 Å². The third kappa shape index (κ3) is 18.1. The summed E-state index contributed by atoms with van der Waals surface area (Å²) < 4.78 is 698. The minimum absolute atomic E-state index is 0.982. The van der Waals surface area contributed by atoms with Gasteiger partial charge in [0.15, 0.2) is 0 Å². The molecule has 1 saturated heterocycles. The topological polar surface area (TPSA) is 6.48 Å². The minimum atomic E-state index is -9.63. The quantitative estimate of drug-likeness (QED) is 0.0373. The zero-order valence-corrected chi connectivity index (χ0v) is 60.5. The standard InChI is InChI=1S/C30H12F51P.C21H28N2.C7H6.2ClH.Ru/c31-7(32,10(37,38)13(43,44)16(49,50)19(55,56)22(61,62)25(67,68)28(73,74)75)1-4-82(5-2-8(33,34)11(39,40)14(45,46)17(51,52)20(57,58)23(63,64)26(69,70)29(76,77)78)6-3-9(35,36)12(41,42)15(47,48)18(53,54)21(59,60)24(65,66)27(71,72)30(79,80)81;1-14-9-16(3)20(17(4)10-14)22-7-8-23(13-22)21-18(5)11-15(2)12-19(21)6;1-7-5-3-2-4-6-7;;;/h1-6H2;9-12H,7-8,13H2,1-6H3;1-6H;2*1H;/q;;;;;+2/p-2. The molecule has 115 heavy (non-hydrogen) atoms. The molecule has 57 heteroatoms. The fourth-order valence-corrected chi connectivity index (χ4v) is 14.5. The third-order valence-electron chi connectivity index (χ3n) is 16.5. The summed E-state index contributed by atoms with van der Waals surface area (Å²) in [6, 6.07) is 19.1. The summed E-state index contributed by atoms with van der Waals surface area (Å²) in [6.07, 6.45) is -49.9. The second-order valence-corrected chi connectivity index (χ2v) is 33.3. The summed E-state index contributed by atoms with van der Waals surface area (Å²) in [4.78, 5) is 5.06. The van der Waals surface area contributed by atoms with Gasteiger partial charge in [0.25, 0.3) is 0 Å². The zero-order valence-electron chi connectivity index (χ0n) is 56.4. The number of alkyl halides is 51. The summed E-state index contributed by atoms with van der Waals surface area (Å²) in [6.45, 7) is 16.5. The number of nitrogens with zero attached hydrogens (tertiary/aromatic N) is 2. The molecule has 3 aromatic rings. The predicted octanol–water partition coefficient (Wildman–Crippen LogP) is 26.3. The molecule has 0 N–H and O–H groups in total. The summed E-state index contributed by atoms with van der Waals surface area (Å²) in [5.41, 5.74) is 12.2. The first-order chi connectivity index (χ1) is 50.2. The maximum absolute atomic E-state index is 14.6. The van der Waals surface area contributed by atoms with E-state index in [1.54, 1.807) is 0 Å². The van der Waals surface area contributed by atoms with Gasteiger partial charge in [-0.2, -0.15) is 224 Å². The fourth-order valence-electron chi connectivity index (χ4n) is 10.2. The molecule has 0 aliphatic carbocycles. The van der Waals surface area contributed by atoms with E-state index in [-0.39, 0.29) is 0 Å². The SMILES string of the molecule is Cc1cc(C)c(N2CCN(c3c(C)cc(C)cc3C)C2)c(C)c1.FC(F)(F)C(F)(F)C(F)(F)C(F)(F)C(F)(F)C(F)(F)C(F)(F)C(F)(F)CCP(CCC(F)(F)C(F)(F)C(F)(F)C(F)(F)C(F)(F)C(F)(F)C(F)(F)C(F)(F)F)CCC(F)(F)C(F)(F)C(F)(F)C(F)(F)C(F)(F)C(F)(F)C(F)(F)C(F)(F)F.[Cl][Ru]([Cl])=[CH]c1ccccc1. The Hall–Kier alpha value is -4.81. The van der Waals surface area contributed by atoms with E-state index < -0.39 is 202 Å². The first-order valence-electron chi connectivity index (χ1n) is 29.6. The second kappa shape index (κ2) is 32.9. The molecule has 3 aromatic carbocycles. The van der Waals surface area contributed by atoms with E-state index in [0.717, 1.165) is 25.3 Å². The molecular formula is C58H46Cl2F51N2PRu. The van der Waals surface area contributed by atoms with Crippen molar-refractivity contribution in [2.24, 2.45) is 0 Å². The molecule has 0 amide bonds. The van der Waals surface area contributed by atoms with Crippen LogP contribution in [0.5, 0.6) is 0 Å². The van der Waals surface area contributed by atoms with Crippen molar-refractivity contribution in [2.45, 2.75) is 204 Å². The van der Waals surface area contributed by atoms with E-state index in [0.29, 0.717) is 0 Å². The van der Waals surface area contributed by atoms with Gasteiger partial charge in [0.05, 0.1) is 6.67 Å².